The Morgan fingerprint density at radius 2 is 1.90 bits per heavy atom. The Hall–Kier alpha value is -2.88. The first kappa shape index (κ1) is 21.4. The lowest BCUT2D eigenvalue weighted by atomic mass is 10.3. The number of hydrogen-bond donors (Lipinski definition) is 1. The van der Waals surface area contributed by atoms with Gasteiger partial charge in [-0.1, -0.05) is 18.2 Å². The number of halogens is 1. The highest BCUT2D eigenvalue weighted by Gasteiger charge is 2.22. The second kappa shape index (κ2) is 9.95. The van der Waals surface area contributed by atoms with E-state index < -0.39 is 5.82 Å². The van der Waals surface area contributed by atoms with Crippen molar-refractivity contribution in [3.8, 4) is 0 Å². The first-order valence-corrected chi connectivity index (χ1v) is 10.9. The van der Waals surface area contributed by atoms with Crippen molar-refractivity contribution in [3.63, 3.8) is 0 Å². The van der Waals surface area contributed by atoms with E-state index in [9.17, 15) is 14.0 Å². The molecule has 2 aromatic carbocycles. The number of carbonyl (C=O) groups excluding carboxylic acids is 2. The highest BCUT2D eigenvalue weighted by molar-refractivity contribution is 7.18. The number of ether oxygens (including phenoxy) is 1. The molecule has 4 rings (SSSR count). The second-order valence-corrected chi connectivity index (χ2v) is 8.40. The van der Waals surface area contributed by atoms with E-state index in [2.05, 4.69) is 10.3 Å². The van der Waals surface area contributed by atoms with Crippen LogP contribution in [0.5, 0.6) is 0 Å². The molecule has 2 amide bonds. The number of carbonyl (C=O) groups is 2. The molecule has 7 nitrogen and oxygen atoms in total. The third-order valence-corrected chi connectivity index (χ3v) is 6.00. The van der Waals surface area contributed by atoms with E-state index in [0.29, 0.717) is 38.5 Å². The first-order chi connectivity index (χ1) is 15.1. The van der Waals surface area contributed by atoms with Gasteiger partial charge in [0.05, 0.1) is 23.4 Å². The van der Waals surface area contributed by atoms with E-state index in [-0.39, 0.29) is 25.0 Å². The lowest BCUT2D eigenvalue weighted by Crippen LogP contribution is -2.51. The van der Waals surface area contributed by atoms with E-state index in [1.807, 2.05) is 29.2 Å². The quantitative estimate of drug-likeness (QED) is 0.609. The van der Waals surface area contributed by atoms with Crippen LogP contribution in [0.1, 0.15) is 5.01 Å². The summed E-state index contributed by atoms with van der Waals surface area (Å²) in [6, 6.07) is 13.7. The largest absolute Gasteiger partial charge is 0.364 e. The van der Waals surface area contributed by atoms with Crippen molar-refractivity contribution >= 4 is 39.1 Å². The molecular formula is C22H23FN4O3S. The number of anilines is 1. The molecule has 0 atom stereocenters. The number of piperazine rings is 1. The van der Waals surface area contributed by atoms with Gasteiger partial charge in [-0.2, -0.15) is 0 Å². The maximum absolute atomic E-state index is 13.2. The highest BCUT2D eigenvalue weighted by atomic mass is 32.1. The number of rotatable bonds is 7. The number of benzene rings is 2. The summed E-state index contributed by atoms with van der Waals surface area (Å²) in [6.45, 7) is 2.79. The fourth-order valence-corrected chi connectivity index (χ4v) is 4.33. The molecule has 1 N–H and O–H groups in total. The smallest absolute Gasteiger partial charge is 0.248 e. The normalized spacial score (nSPS) is 14.7. The van der Waals surface area contributed by atoms with Gasteiger partial charge in [0.15, 0.2) is 0 Å². The number of aromatic nitrogens is 1. The lowest BCUT2D eigenvalue weighted by Gasteiger charge is -2.34. The number of nitrogens with one attached hydrogen (secondary N) is 1. The molecule has 2 heterocycles. The molecule has 3 aromatic rings. The van der Waals surface area contributed by atoms with Crippen molar-refractivity contribution in [2.75, 3.05) is 44.6 Å². The van der Waals surface area contributed by atoms with E-state index >= 15 is 0 Å². The lowest BCUT2D eigenvalue weighted by molar-refractivity contribution is -0.138. The number of para-hydroxylation sites is 1. The van der Waals surface area contributed by atoms with Crippen LogP contribution in [0.25, 0.3) is 10.2 Å². The summed E-state index contributed by atoms with van der Waals surface area (Å²) in [6.07, 6.45) is 0. The van der Waals surface area contributed by atoms with Crippen LogP contribution in [-0.4, -0.2) is 65.9 Å². The van der Waals surface area contributed by atoms with Gasteiger partial charge in [-0.05, 0) is 30.3 Å². The molecular weight excluding hydrogens is 419 g/mol. The number of thiazole rings is 1. The Kier molecular flexibility index (Phi) is 6.86. The molecule has 1 aliphatic rings. The molecule has 0 aliphatic carbocycles. The van der Waals surface area contributed by atoms with Crippen LogP contribution in [0.3, 0.4) is 0 Å². The van der Waals surface area contributed by atoms with Gasteiger partial charge >= 0.3 is 0 Å². The average Bonchev–Trinajstić information content (AvgIpc) is 3.17. The summed E-state index contributed by atoms with van der Waals surface area (Å²) >= 11 is 1.57. The third kappa shape index (κ3) is 5.84. The van der Waals surface area contributed by atoms with Crippen molar-refractivity contribution in [1.29, 1.82) is 0 Å². The Bertz CT molecular complexity index is 1030. The predicted octanol–water partition coefficient (Wildman–Crippen LogP) is 2.73. The van der Waals surface area contributed by atoms with Gasteiger partial charge in [0.25, 0.3) is 0 Å². The summed E-state index contributed by atoms with van der Waals surface area (Å²) in [5.41, 5.74) is 1.37. The zero-order valence-electron chi connectivity index (χ0n) is 16.9. The van der Waals surface area contributed by atoms with Crippen molar-refractivity contribution in [1.82, 2.24) is 14.8 Å². The molecule has 0 unspecified atom stereocenters. The van der Waals surface area contributed by atoms with Gasteiger partial charge < -0.3 is 15.0 Å². The molecule has 31 heavy (non-hydrogen) atoms. The minimum atomic E-state index is -0.393. The van der Waals surface area contributed by atoms with Crippen LogP contribution < -0.4 is 5.32 Å². The SMILES string of the molecule is O=C(CN1CCN(C(=O)COCc2nc3ccccc3s2)CC1)Nc1cccc(F)c1. The van der Waals surface area contributed by atoms with Gasteiger partial charge in [-0.3, -0.25) is 14.5 Å². The highest BCUT2D eigenvalue weighted by Crippen LogP contribution is 2.22. The molecule has 0 spiro atoms. The summed E-state index contributed by atoms with van der Waals surface area (Å²) in [5, 5.41) is 3.54. The predicted molar refractivity (Wildman–Crippen MR) is 117 cm³/mol. The number of fused-ring (bicyclic) bond motifs is 1. The van der Waals surface area contributed by atoms with Crippen molar-refractivity contribution in [2.24, 2.45) is 0 Å². The zero-order valence-corrected chi connectivity index (χ0v) is 17.7. The average molecular weight is 443 g/mol. The van der Waals surface area contributed by atoms with Gasteiger partial charge in [0, 0.05) is 31.9 Å². The molecule has 0 radical (unpaired) electrons. The molecule has 1 aromatic heterocycles. The summed E-state index contributed by atoms with van der Waals surface area (Å²) in [7, 11) is 0. The van der Waals surface area contributed by atoms with E-state index in [4.69, 9.17) is 4.74 Å². The Morgan fingerprint density at radius 3 is 2.68 bits per heavy atom. The monoisotopic (exact) mass is 442 g/mol. The van der Waals surface area contributed by atoms with E-state index in [1.54, 1.807) is 28.4 Å². The molecule has 9 heteroatoms. The van der Waals surface area contributed by atoms with Crippen molar-refractivity contribution in [2.45, 2.75) is 6.61 Å². The molecule has 1 fully saturated rings. The maximum Gasteiger partial charge on any atom is 0.248 e. The zero-order chi connectivity index (χ0) is 21.6. The van der Waals surface area contributed by atoms with Crippen LogP contribution in [0, 0.1) is 5.82 Å². The molecule has 0 saturated carbocycles. The van der Waals surface area contributed by atoms with Gasteiger partial charge in [-0.15, -0.1) is 11.3 Å². The fraction of sp³-hybridized carbons (Fsp3) is 0.318. The van der Waals surface area contributed by atoms with Crippen LogP contribution >= 0.6 is 11.3 Å². The van der Waals surface area contributed by atoms with E-state index in [1.165, 1.54) is 12.1 Å². The second-order valence-electron chi connectivity index (χ2n) is 7.28. The molecule has 1 saturated heterocycles. The summed E-state index contributed by atoms with van der Waals surface area (Å²) in [4.78, 5) is 32.8. The summed E-state index contributed by atoms with van der Waals surface area (Å²) in [5.74, 6) is -0.662. The fourth-order valence-electron chi connectivity index (χ4n) is 3.42. The van der Waals surface area contributed by atoms with Crippen LogP contribution in [-0.2, 0) is 20.9 Å². The van der Waals surface area contributed by atoms with Crippen LogP contribution in [0.2, 0.25) is 0 Å². The molecule has 162 valence electrons. The van der Waals surface area contributed by atoms with Gasteiger partial charge in [0.1, 0.15) is 17.4 Å². The number of hydrogen-bond acceptors (Lipinski definition) is 6. The van der Waals surface area contributed by atoms with Crippen LogP contribution in [0.15, 0.2) is 48.5 Å². The Morgan fingerprint density at radius 1 is 1.10 bits per heavy atom. The Balaban J connectivity index is 1.16. The van der Waals surface area contributed by atoms with Crippen molar-refractivity contribution in [3.05, 3.63) is 59.4 Å². The topological polar surface area (TPSA) is 74.8 Å². The standard InChI is InChI=1S/C22H23FN4O3S/c23-16-4-3-5-17(12-16)24-20(28)13-26-8-10-27(11-9-26)22(29)15-30-14-21-25-18-6-1-2-7-19(18)31-21/h1-7,12H,8-11,13-15H2,(H,24,28). The number of nitrogens with zero attached hydrogens (tertiary/aromatic N) is 3. The third-order valence-electron chi connectivity index (χ3n) is 4.99. The number of amides is 2. The summed E-state index contributed by atoms with van der Waals surface area (Å²) < 4.78 is 19.9. The van der Waals surface area contributed by atoms with Crippen LogP contribution in [0.4, 0.5) is 10.1 Å². The van der Waals surface area contributed by atoms with Gasteiger partial charge in [0.2, 0.25) is 11.8 Å². The minimum absolute atomic E-state index is 0.00990. The van der Waals surface area contributed by atoms with Crippen molar-refractivity contribution < 1.29 is 18.7 Å². The minimum Gasteiger partial charge on any atom is -0.364 e. The van der Waals surface area contributed by atoms with E-state index in [0.717, 1.165) is 15.2 Å². The Labute approximate surface area is 183 Å². The van der Waals surface area contributed by atoms with Gasteiger partial charge in [-0.25, -0.2) is 9.37 Å². The first-order valence-electron chi connectivity index (χ1n) is 10.0. The maximum atomic E-state index is 13.2. The molecule has 1 aliphatic heterocycles. The molecule has 0 bridgehead atoms.